The molecule has 0 amide bonds. The molecule has 1 aliphatic heterocycles. The van der Waals surface area contributed by atoms with Gasteiger partial charge in [-0.2, -0.15) is 0 Å². The SMILES string of the molecule is O=S(=O)(NCCCN1CCOCC1)c1cnc(-c2ccc(F)cc2)s1. The summed E-state index contributed by atoms with van der Waals surface area (Å²) in [4.78, 5) is 6.40. The molecule has 0 bridgehead atoms. The van der Waals surface area contributed by atoms with Crippen molar-refractivity contribution in [2.24, 2.45) is 0 Å². The summed E-state index contributed by atoms with van der Waals surface area (Å²) in [6.45, 7) is 4.47. The van der Waals surface area contributed by atoms with Crippen LogP contribution in [0.2, 0.25) is 0 Å². The lowest BCUT2D eigenvalue weighted by atomic mass is 10.2. The van der Waals surface area contributed by atoms with Gasteiger partial charge in [0.2, 0.25) is 0 Å². The molecule has 1 saturated heterocycles. The molecule has 0 saturated carbocycles. The first-order valence-corrected chi connectivity index (χ1v) is 10.4. The fraction of sp³-hybridized carbons (Fsp3) is 0.438. The van der Waals surface area contributed by atoms with Crippen molar-refractivity contribution in [2.75, 3.05) is 39.4 Å². The molecule has 1 aromatic carbocycles. The Bertz CT molecular complexity index is 787. The molecule has 0 unspecified atom stereocenters. The van der Waals surface area contributed by atoms with Crippen LogP contribution < -0.4 is 4.72 Å². The average molecular weight is 385 g/mol. The number of nitrogens with zero attached hydrogens (tertiary/aromatic N) is 2. The van der Waals surface area contributed by atoms with Crippen LogP contribution in [0.15, 0.2) is 34.7 Å². The fourth-order valence-electron chi connectivity index (χ4n) is 2.51. The zero-order valence-corrected chi connectivity index (χ0v) is 15.3. The van der Waals surface area contributed by atoms with Crippen LogP contribution >= 0.6 is 11.3 Å². The van der Waals surface area contributed by atoms with E-state index in [9.17, 15) is 12.8 Å². The van der Waals surface area contributed by atoms with Gasteiger partial charge in [-0.25, -0.2) is 22.5 Å². The van der Waals surface area contributed by atoms with E-state index in [1.807, 2.05) is 0 Å². The van der Waals surface area contributed by atoms with Gasteiger partial charge in [-0.3, -0.25) is 4.90 Å². The van der Waals surface area contributed by atoms with Gasteiger partial charge in [0.25, 0.3) is 10.0 Å². The molecule has 6 nitrogen and oxygen atoms in total. The molecule has 1 fully saturated rings. The molecule has 9 heteroatoms. The van der Waals surface area contributed by atoms with E-state index in [2.05, 4.69) is 14.6 Å². The van der Waals surface area contributed by atoms with Gasteiger partial charge in [0.1, 0.15) is 10.8 Å². The highest BCUT2D eigenvalue weighted by atomic mass is 32.2. The quantitative estimate of drug-likeness (QED) is 0.738. The number of halogens is 1. The van der Waals surface area contributed by atoms with E-state index in [0.29, 0.717) is 17.1 Å². The van der Waals surface area contributed by atoms with Crippen LogP contribution in [-0.2, 0) is 14.8 Å². The van der Waals surface area contributed by atoms with Crippen LogP contribution in [0, 0.1) is 5.82 Å². The number of ether oxygens (including phenoxy) is 1. The first kappa shape index (κ1) is 18.4. The fourth-order valence-corrected chi connectivity index (χ4v) is 4.77. The topological polar surface area (TPSA) is 71.5 Å². The van der Waals surface area contributed by atoms with Crippen molar-refractivity contribution in [1.82, 2.24) is 14.6 Å². The Morgan fingerprint density at radius 2 is 1.96 bits per heavy atom. The number of nitrogens with one attached hydrogen (secondary N) is 1. The van der Waals surface area contributed by atoms with Crippen LogP contribution in [0.4, 0.5) is 4.39 Å². The molecule has 2 aromatic rings. The minimum atomic E-state index is -3.57. The number of sulfonamides is 1. The molecule has 1 aromatic heterocycles. The minimum Gasteiger partial charge on any atom is -0.379 e. The second-order valence-corrected chi connectivity index (χ2v) is 8.72. The number of benzene rings is 1. The molecule has 0 spiro atoms. The second-order valence-electron chi connectivity index (χ2n) is 5.70. The molecule has 3 rings (SSSR count). The first-order valence-electron chi connectivity index (χ1n) is 8.06. The van der Waals surface area contributed by atoms with Gasteiger partial charge in [0.15, 0.2) is 4.21 Å². The van der Waals surface area contributed by atoms with Crippen molar-refractivity contribution < 1.29 is 17.5 Å². The van der Waals surface area contributed by atoms with Crippen LogP contribution in [0.3, 0.4) is 0 Å². The molecule has 0 aliphatic carbocycles. The molecular formula is C16H20FN3O3S2. The third kappa shape index (κ3) is 5.05. The highest BCUT2D eigenvalue weighted by molar-refractivity contribution is 7.91. The number of thiazole rings is 1. The second kappa shape index (κ2) is 8.33. The number of hydrogen-bond donors (Lipinski definition) is 1. The molecular weight excluding hydrogens is 365 g/mol. The average Bonchev–Trinajstić information content (AvgIpc) is 3.11. The molecule has 2 heterocycles. The summed E-state index contributed by atoms with van der Waals surface area (Å²) < 4.78 is 45.7. The molecule has 25 heavy (non-hydrogen) atoms. The van der Waals surface area contributed by atoms with E-state index in [-0.39, 0.29) is 10.0 Å². The predicted molar refractivity (Wildman–Crippen MR) is 94.6 cm³/mol. The maximum atomic E-state index is 13.0. The first-order chi connectivity index (χ1) is 12.0. The highest BCUT2D eigenvalue weighted by Gasteiger charge is 2.18. The summed E-state index contributed by atoms with van der Waals surface area (Å²) in [5.74, 6) is -0.338. The molecule has 0 atom stereocenters. The summed E-state index contributed by atoms with van der Waals surface area (Å²) in [7, 11) is -3.57. The van der Waals surface area contributed by atoms with Crippen LogP contribution in [0.1, 0.15) is 6.42 Å². The zero-order valence-electron chi connectivity index (χ0n) is 13.7. The molecule has 1 N–H and O–H groups in total. The Labute approximate surface area is 150 Å². The van der Waals surface area contributed by atoms with E-state index in [0.717, 1.165) is 50.6 Å². The number of hydrogen-bond acceptors (Lipinski definition) is 6. The van der Waals surface area contributed by atoms with Gasteiger partial charge < -0.3 is 4.74 Å². The Morgan fingerprint density at radius 1 is 1.24 bits per heavy atom. The minimum absolute atomic E-state index is 0.165. The summed E-state index contributed by atoms with van der Waals surface area (Å²) >= 11 is 1.07. The van der Waals surface area contributed by atoms with Gasteiger partial charge in [0.05, 0.1) is 19.4 Å². The van der Waals surface area contributed by atoms with E-state index in [1.165, 1.54) is 18.3 Å². The van der Waals surface area contributed by atoms with Crippen molar-refractivity contribution >= 4 is 21.4 Å². The van der Waals surface area contributed by atoms with E-state index >= 15 is 0 Å². The van der Waals surface area contributed by atoms with Crippen molar-refractivity contribution in [1.29, 1.82) is 0 Å². The Kier molecular flexibility index (Phi) is 6.13. The van der Waals surface area contributed by atoms with E-state index in [1.54, 1.807) is 12.1 Å². The van der Waals surface area contributed by atoms with E-state index in [4.69, 9.17) is 4.74 Å². The largest absolute Gasteiger partial charge is 0.379 e. The molecule has 136 valence electrons. The summed E-state index contributed by atoms with van der Waals surface area (Å²) in [6, 6.07) is 5.82. The van der Waals surface area contributed by atoms with Gasteiger partial charge in [0, 0.05) is 25.2 Å². The van der Waals surface area contributed by atoms with Crippen LogP contribution in [0.25, 0.3) is 10.6 Å². The van der Waals surface area contributed by atoms with Gasteiger partial charge in [-0.1, -0.05) is 0 Å². The van der Waals surface area contributed by atoms with Gasteiger partial charge in [-0.05, 0) is 37.2 Å². The van der Waals surface area contributed by atoms with Crippen LogP contribution in [-0.4, -0.2) is 57.7 Å². The van der Waals surface area contributed by atoms with Gasteiger partial charge >= 0.3 is 0 Å². The maximum absolute atomic E-state index is 13.0. The third-order valence-electron chi connectivity index (χ3n) is 3.89. The summed E-state index contributed by atoms with van der Waals surface area (Å²) in [5, 5.41) is 0.550. The maximum Gasteiger partial charge on any atom is 0.251 e. The number of aromatic nitrogens is 1. The number of rotatable bonds is 7. The highest BCUT2D eigenvalue weighted by Crippen LogP contribution is 2.27. The summed E-state index contributed by atoms with van der Waals surface area (Å²) in [6.07, 6.45) is 2.08. The molecule has 1 aliphatic rings. The Balaban J connectivity index is 1.54. The van der Waals surface area contributed by atoms with Crippen molar-refractivity contribution in [3.05, 3.63) is 36.3 Å². The van der Waals surface area contributed by atoms with E-state index < -0.39 is 10.0 Å². The zero-order chi connectivity index (χ0) is 17.7. The van der Waals surface area contributed by atoms with Crippen LogP contribution in [0.5, 0.6) is 0 Å². The predicted octanol–water partition coefficient (Wildman–Crippen LogP) is 1.95. The lowest BCUT2D eigenvalue weighted by Gasteiger charge is -2.26. The van der Waals surface area contributed by atoms with Crippen molar-refractivity contribution in [3.8, 4) is 10.6 Å². The normalized spacial score (nSPS) is 16.2. The third-order valence-corrected chi connectivity index (χ3v) is 6.86. The lowest BCUT2D eigenvalue weighted by Crippen LogP contribution is -2.38. The number of morpholine rings is 1. The van der Waals surface area contributed by atoms with Crippen molar-refractivity contribution in [2.45, 2.75) is 10.6 Å². The van der Waals surface area contributed by atoms with Crippen molar-refractivity contribution in [3.63, 3.8) is 0 Å². The Hall–Kier alpha value is -1.39. The molecule has 0 radical (unpaired) electrons. The smallest absolute Gasteiger partial charge is 0.251 e. The lowest BCUT2D eigenvalue weighted by molar-refractivity contribution is 0.0376. The summed E-state index contributed by atoms with van der Waals surface area (Å²) in [5.41, 5.74) is 0.695. The Morgan fingerprint density at radius 3 is 2.68 bits per heavy atom. The monoisotopic (exact) mass is 385 g/mol. The van der Waals surface area contributed by atoms with Gasteiger partial charge in [-0.15, -0.1) is 11.3 Å². The standard InChI is InChI=1S/C16H20FN3O3S2/c17-14-4-2-13(3-5-14)16-18-12-15(24-16)25(21,22)19-6-1-7-20-8-10-23-11-9-20/h2-5,12,19H,1,6-11H2.